The Morgan fingerprint density at radius 3 is 2.70 bits per heavy atom. The van der Waals surface area contributed by atoms with Crippen LogP contribution in [0.3, 0.4) is 0 Å². The van der Waals surface area contributed by atoms with E-state index >= 15 is 0 Å². The highest BCUT2D eigenvalue weighted by Crippen LogP contribution is 2.45. The zero-order chi connectivity index (χ0) is 27.9. The van der Waals surface area contributed by atoms with Gasteiger partial charge in [0.05, 0.1) is 37.1 Å². The number of alkyl halides is 1. The smallest absolute Gasteiger partial charge is 0.258 e. The molecule has 4 saturated heterocycles. The second kappa shape index (κ2) is 10.9. The van der Waals surface area contributed by atoms with Crippen LogP contribution in [0.2, 0.25) is 0 Å². The Kier molecular flexibility index (Phi) is 7.30. The molecule has 1 aromatic heterocycles. The van der Waals surface area contributed by atoms with E-state index in [1.807, 2.05) is 11.8 Å². The number of likely N-dealkylation sites (tertiary alicyclic amines) is 1. The van der Waals surface area contributed by atoms with Gasteiger partial charge in [-0.05, 0) is 38.0 Å². The molecule has 4 aliphatic heterocycles. The quantitative estimate of drug-likeness (QED) is 0.600. The number of rotatable bonds is 5. The molecule has 0 aliphatic carbocycles. The number of amides is 2. The number of benzene rings is 1. The second-order valence-corrected chi connectivity index (χ2v) is 11.4. The highest BCUT2D eigenvalue weighted by Gasteiger charge is 2.47. The van der Waals surface area contributed by atoms with Crippen LogP contribution in [0.4, 0.5) is 14.6 Å². The summed E-state index contributed by atoms with van der Waals surface area (Å²) in [5, 5.41) is 2.99. The summed E-state index contributed by atoms with van der Waals surface area (Å²) in [6.45, 7) is 6.20. The molecule has 0 radical (unpaired) electrons. The van der Waals surface area contributed by atoms with Crippen LogP contribution in [0.25, 0.3) is 0 Å². The molecule has 2 aromatic rings. The third-order valence-electron chi connectivity index (χ3n) is 8.54. The largest absolute Gasteiger partial charge is 0.451 e. The fourth-order valence-electron chi connectivity index (χ4n) is 6.21. The van der Waals surface area contributed by atoms with Crippen LogP contribution in [0.1, 0.15) is 36.5 Å². The highest BCUT2D eigenvalue weighted by atomic mass is 19.1. The number of halogens is 2. The molecule has 214 valence electrons. The van der Waals surface area contributed by atoms with E-state index in [4.69, 9.17) is 9.47 Å². The van der Waals surface area contributed by atoms with E-state index in [9.17, 15) is 18.4 Å². The van der Waals surface area contributed by atoms with Crippen molar-refractivity contribution in [3.05, 3.63) is 42.1 Å². The molecule has 1 N–H and O–H groups in total. The first-order chi connectivity index (χ1) is 19.3. The van der Waals surface area contributed by atoms with Crippen LogP contribution in [0.5, 0.6) is 11.5 Å². The predicted molar refractivity (Wildman–Crippen MR) is 142 cm³/mol. The summed E-state index contributed by atoms with van der Waals surface area (Å²) in [6.07, 6.45) is 4.01. The summed E-state index contributed by atoms with van der Waals surface area (Å²) < 4.78 is 39.4. The molecular weight excluding hydrogens is 522 g/mol. The van der Waals surface area contributed by atoms with Crippen LogP contribution >= 0.6 is 0 Å². The zero-order valence-corrected chi connectivity index (χ0v) is 22.5. The number of morpholine rings is 1. The van der Waals surface area contributed by atoms with Crippen LogP contribution in [0, 0.1) is 11.2 Å². The van der Waals surface area contributed by atoms with Gasteiger partial charge in [0.1, 0.15) is 24.1 Å². The van der Waals surface area contributed by atoms with Gasteiger partial charge in [0.25, 0.3) is 5.91 Å². The SMILES string of the molecule is C[C@H]1COCCN1C(=O)c1cc(F)ccc1Oc1cncnc1N1CC2(CCN(C(=O)[C@@H]3C[C@@H](F)CN3)CC2)C1. The van der Waals surface area contributed by atoms with E-state index in [1.54, 1.807) is 11.1 Å². The Hall–Kier alpha value is -3.38. The van der Waals surface area contributed by atoms with Gasteiger partial charge < -0.3 is 29.5 Å². The topological polar surface area (TPSA) is 100 Å². The maximum Gasteiger partial charge on any atom is 0.258 e. The normalized spacial score (nSPS) is 26.1. The Balaban J connectivity index is 1.12. The Labute approximate surface area is 231 Å². The van der Waals surface area contributed by atoms with Crippen molar-refractivity contribution in [1.82, 2.24) is 25.1 Å². The molecule has 5 heterocycles. The number of nitrogens with one attached hydrogen (secondary N) is 1. The van der Waals surface area contributed by atoms with Gasteiger partial charge in [0.2, 0.25) is 5.91 Å². The first-order valence-corrected chi connectivity index (χ1v) is 13.9. The van der Waals surface area contributed by atoms with Gasteiger partial charge in [-0.25, -0.2) is 18.7 Å². The van der Waals surface area contributed by atoms with Gasteiger partial charge in [-0.3, -0.25) is 9.59 Å². The standard InChI is InChI=1S/C28H34F2N6O4/c1-18-14-39-9-8-36(18)26(37)21-10-19(29)2-3-23(21)40-24-13-31-17-33-25(24)35-15-28(16-35)4-6-34(7-5-28)27(38)22-11-20(30)12-32-22/h2-3,10,13,17-18,20,22,32H,4-9,11-12,14-16H2,1H3/t18-,20+,22-/m0/s1. The van der Waals surface area contributed by atoms with Gasteiger partial charge in [-0.15, -0.1) is 0 Å². The summed E-state index contributed by atoms with van der Waals surface area (Å²) in [7, 11) is 0. The lowest BCUT2D eigenvalue weighted by molar-refractivity contribution is -0.135. The van der Waals surface area contributed by atoms with E-state index in [0.717, 1.165) is 25.9 Å². The van der Waals surface area contributed by atoms with Crippen molar-refractivity contribution in [2.45, 2.75) is 44.4 Å². The van der Waals surface area contributed by atoms with Crippen LogP contribution < -0.4 is 15.0 Å². The number of carbonyl (C=O) groups is 2. The molecule has 4 aliphatic rings. The number of hydrogen-bond donors (Lipinski definition) is 1. The van der Waals surface area contributed by atoms with Gasteiger partial charge in [-0.1, -0.05) is 0 Å². The van der Waals surface area contributed by atoms with Crippen molar-refractivity contribution in [2.75, 3.05) is 57.4 Å². The van der Waals surface area contributed by atoms with E-state index in [-0.39, 0.29) is 47.5 Å². The number of nitrogens with zero attached hydrogens (tertiary/aromatic N) is 5. The molecule has 4 fully saturated rings. The zero-order valence-electron chi connectivity index (χ0n) is 22.5. The molecule has 10 nitrogen and oxygen atoms in total. The van der Waals surface area contributed by atoms with Crippen LogP contribution in [-0.4, -0.2) is 102 Å². The van der Waals surface area contributed by atoms with Crippen LogP contribution in [0.15, 0.2) is 30.7 Å². The number of anilines is 1. The van der Waals surface area contributed by atoms with Crippen molar-refractivity contribution in [3.8, 4) is 11.5 Å². The first-order valence-electron chi connectivity index (χ1n) is 13.9. The molecular formula is C28H34F2N6O4. The van der Waals surface area contributed by atoms with Crippen molar-refractivity contribution in [2.24, 2.45) is 5.41 Å². The van der Waals surface area contributed by atoms with Gasteiger partial charge in [-0.2, -0.15) is 0 Å². The third kappa shape index (κ3) is 5.22. The Bertz CT molecular complexity index is 1270. The minimum Gasteiger partial charge on any atom is -0.451 e. The van der Waals surface area contributed by atoms with Crippen molar-refractivity contribution < 1.29 is 27.8 Å². The number of hydrogen-bond acceptors (Lipinski definition) is 8. The summed E-state index contributed by atoms with van der Waals surface area (Å²) in [4.78, 5) is 40.4. The molecule has 3 atom stereocenters. The fraction of sp³-hybridized carbons (Fsp3) is 0.571. The van der Waals surface area contributed by atoms with Gasteiger partial charge in [0, 0.05) is 51.1 Å². The molecule has 6 rings (SSSR count). The molecule has 1 aromatic carbocycles. The monoisotopic (exact) mass is 556 g/mol. The summed E-state index contributed by atoms with van der Waals surface area (Å²) in [6, 6.07) is 3.37. The lowest BCUT2D eigenvalue weighted by Crippen LogP contribution is -2.62. The highest BCUT2D eigenvalue weighted by molar-refractivity contribution is 5.97. The van der Waals surface area contributed by atoms with Crippen molar-refractivity contribution in [1.29, 1.82) is 0 Å². The van der Waals surface area contributed by atoms with E-state index in [1.165, 1.54) is 24.5 Å². The molecule has 2 amide bonds. The predicted octanol–water partition coefficient (Wildman–Crippen LogP) is 2.40. The van der Waals surface area contributed by atoms with Gasteiger partial charge >= 0.3 is 0 Å². The maximum absolute atomic E-state index is 14.2. The average Bonchev–Trinajstić information content (AvgIpc) is 3.39. The van der Waals surface area contributed by atoms with Gasteiger partial charge in [0.15, 0.2) is 11.6 Å². The minimum absolute atomic E-state index is 0.00575. The van der Waals surface area contributed by atoms with E-state index in [0.29, 0.717) is 44.4 Å². The maximum atomic E-state index is 14.2. The van der Waals surface area contributed by atoms with Crippen molar-refractivity contribution in [3.63, 3.8) is 0 Å². The lowest BCUT2D eigenvalue weighted by Gasteiger charge is -2.54. The minimum atomic E-state index is -0.957. The lowest BCUT2D eigenvalue weighted by atomic mass is 9.72. The fourth-order valence-corrected chi connectivity index (χ4v) is 6.21. The van der Waals surface area contributed by atoms with E-state index < -0.39 is 18.0 Å². The Morgan fingerprint density at radius 1 is 1.18 bits per heavy atom. The number of ether oxygens (including phenoxy) is 2. The second-order valence-electron chi connectivity index (χ2n) is 11.4. The summed E-state index contributed by atoms with van der Waals surface area (Å²) in [5.74, 6) is 0.374. The van der Waals surface area contributed by atoms with Crippen molar-refractivity contribution >= 4 is 17.6 Å². The third-order valence-corrected chi connectivity index (χ3v) is 8.54. The molecule has 12 heteroatoms. The number of carbonyl (C=O) groups excluding carboxylic acids is 2. The first kappa shape index (κ1) is 26.8. The van der Waals surface area contributed by atoms with E-state index in [2.05, 4.69) is 20.2 Å². The number of piperidine rings is 1. The number of aromatic nitrogens is 2. The molecule has 0 bridgehead atoms. The summed E-state index contributed by atoms with van der Waals surface area (Å²) in [5.41, 5.74) is 0.199. The van der Waals surface area contributed by atoms with Crippen LogP contribution in [-0.2, 0) is 9.53 Å². The molecule has 1 spiro atoms. The molecule has 0 unspecified atom stereocenters. The molecule has 0 saturated carbocycles. The Morgan fingerprint density at radius 2 is 1.98 bits per heavy atom. The molecule has 40 heavy (non-hydrogen) atoms. The summed E-state index contributed by atoms with van der Waals surface area (Å²) >= 11 is 0. The average molecular weight is 557 g/mol.